The van der Waals surface area contributed by atoms with E-state index in [-0.39, 0.29) is 0 Å². The molecule has 1 aliphatic heterocycles. The van der Waals surface area contributed by atoms with Gasteiger partial charge < -0.3 is 9.84 Å². The van der Waals surface area contributed by atoms with Crippen molar-refractivity contribution < 1.29 is 19.4 Å². The van der Waals surface area contributed by atoms with E-state index in [9.17, 15) is 14.7 Å². The van der Waals surface area contributed by atoms with Crippen LogP contribution in [0.5, 0.6) is 0 Å². The summed E-state index contributed by atoms with van der Waals surface area (Å²) in [6.07, 6.45) is 1.39. The van der Waals surface area contributed by atoms with E-state index >= 15 is 0 Å². The lowest BCUT2D eigenvalue weighted by Gasteiger charge is -2.43. The summed E-state index contributed by atoms with van der Waals surface area (Å²) < 4.78 is 4.90. The number of esters is 1. The highest BCUT2D eigenvalue weighted by molar-refractivity contribution is 5.86. The number of rotatable bonds is 3. The molecule has 5 heteroatoms. The van der Waals surface area contributed by atoms with Crippen LogP contribution in [0.3, 0.4) is 0 Å². The van der Waals surface area contributed by atoms with Crippen LogP contribution in [0.15, 0.2) is 30.3 Å². The summed E-state index contributed by atoms with van der Waals surface area (Å²) in [7, 11) is 1.31. The molecule has 0 aromatic heterocycles. The van der Waals surface area contributed by atoms with E-state index in [0.717, 1.165) is 18.4 Å². The first kappa shape index (κ1) is 14.4. The molecule has 0 saturated carbocycles. The third kappa shape index (κ3) is 2.61. The first-order valence-electron chi connectivity index (χ1n) is 6.73. The molecule has 108 valence electrons. The predicted molar refractivity (Wildman–Crippen MR) is 73.5 cm³/mol. The maximum Gasteiger partial charge on any atom is 0.408 e. The molecule has 5 nitrogen and oxygen atoms in total. The molecule has 1 heterocycles. The van der Waals surface area contributed by atoms with Gasteiger partial charge in [-0.3, -0.25) is 4.90 Å². The molecule has 1 amide bonds. The molecule has 20 heavy (non-hydrogen) atoms. The van der Waals surface area contributed by atoms with Crippen molar-refractivity contribution in [1.82, 2.24) is 4.90 Å². The second kappa shape index (κ2) is 5.94. The normalized spacial score (nSPS) is 22.4. The molecule has 2 rings (SSSR count). The monoisotopic (exact) mass is 277 g/mol. The van der Waals surface area contributed by atoms with Crippen molar-refractivity contribution in [2.24, 2.45) is 0 Å². The summed E-state index contributed by atoms with van der Waals surface area (Å²) in [4.78, 5) is 25.0. The number of carbonyl (C=O) groups excluding carboxylic acids is 1. The Hall–Kier alpha value is -2.04. The Morgan fingerprint density at radius 1 is 1.30 bits per heavy atom. The molecule has 1 N–H and O–H groups in total. The van der Waals surface area contributed by atoms with Gasteiger partial charge >= 0.3 is 12.1 Å². The van der Waals surface area contributed by atoms with Gasteiger partial charge in [-0.1, -0.05) is 30.3 Å². The Balaban J connectivity index is 2.38. The number of likely N-dealkylation sites (tertiary alicyclic amines) is 1. The lowest BCUT2D eigenvalue weighted by atomic mass is 9.81. The van der Waals surface area contributed by atoms with Crippen LogP contribution in [0.2, 0.25) is 0 Å². The van der Waals surface area contributed by atoms with Gasteiger partial charge in [0.15, 0.2) is 0 Å². The Labute approximate surface area is 118 Å². The summed E-state index contributed by atoms with van der Waals surface area (Å²) in [5.74, 6) is -0.469. The van der Waals surface area contributed by atoms with E-state index in [0.29, 0.717) is 19.4 Å². The van der Waals surface area contributed by atoms with E-state index in [2.05, 4.69) is 0 Å². The van der Waals surface area contributed by atoms with Gasteiger partial charge in [0.1, 0.15) is 5.54 Å². The van der Waals surface area contributed by atoms with Crippen LogP contribution < -0.4 is 0 Å². The molecule has 1 saturated heterocycles. The molecular formula is C15H19NO4. The number of hydrogen-bond donors (Lipinski definition) is 1. The van der Waals surface area contributed by atoms with E-state index < -0.39 is 17.6 Å². The zero-order chi connectivity index (χ0) is 14.6. The number of benzene rings is 1. The lowest BCUT2D eigenvalue weighted by molar-refractivity contribution is -0.156. The highest BCUT2D eigenvalue weighted by atomic mass is 16.5. The van der Waals surface area contributed by atoms with Crippen LogP contribution in [-0.2, 0) is 16.0 Å². The van der Waals surface area contributed by atoms with Crippen molar-refractivity contribution in [3.63, 3.8) is 0 Å². The number of amides is 1. The maximum atomic E-state index is 12.3. The van der Waals surface area contributed by atoms with Crippen molar-refractivity contribution in [3.8, 4) is 0 Å². The van der Waals surface area contributed by atoms with Crippen molar-refractivity contribution in [2.45, 2.75) is 31.2 Å². The maximum absolute atomic E-state index is 12.3. The van der Waals surface area contributed by atoms with Crippen molar-refractivity contribution in [2.75, 3.05) is 13.7 Å². The number of piperidine rings is 1. The fourth-order valence-corrected chi connectivity index (χ4v) is 2.91. The Morgan fingerprint density at radius 2 is 2.00 bits per heavy atom. The van der Waals surface area contributed by atoms with Gasteiger partial charge in [0, 0.05) is 13.0 Å². The fraction of sp³-hybridized carbons (Fsp3) is 0.467. The number of ether oxygens (including phenoxy) is 1. The zero-order valence-corrected chi connectivity index (χ0v) is 11.5. The molecule has 1 aromatic rings. The third-order valence-electron chi connectivity index (χ3n) is 3.87. The number of carboxylic acid groups (broad SMARTS) is 1. The summed E-state index contributed by atoms with van der Waals surface area (Å²) >= 11 is 0. The number of carbonyl (C=O) groups is 2. The summed E-state index contributed by atoms with van der Waals surface area (Å²) in [6, 6.07) is 9.46. The smallest absolute Gasteiger partial charge is 0.408 e. The summed E-state index contributed by atoms with van der Waals surface area (Å²) in [5.41, 5.74) is -0.161. The fourth-order valence-electron chi connectivity index (χ4n) is 2.91. The largest absolute Gasteiger partial charge is 0.467 e. The number of hydrogen-bond acceptors (Lipinski definition) is 3. The Kier molecular flexibility index (Phi) is 4.27. The highest BCUT2D eigenvalue weighted by Crippen LogP contribution is 2.33. The van der Waals surface area contributed by atoms with Gasteiger partial charge in [-0.15, -0.1) is 0 Å². The van der Waals surface area contributed by atoms with E-state index in [1.807, 2.05) is 30.3 Å². The van der Waals surface area contributed by atoms with Crippen LogP contribution in [0.1, 0.15) is 24.8 Å². The third-order valence-corrected chi connectivity index (χ3v) is 3.87. The Morgan fingerprint density at radius 3 is 2.60 bits per heavy atom. The first-order valence-corrected chi connectivity index (χ1v) is 6.73. The van der Waals surface area contributed by atoms with Gasteiger partial charge in [-0.25, -0.2) is 9.59 Å². The molecule has 1 aromatic carbocycles. The molecule has 1 unspecified atom stereocenters. The predicted octanol–water partition coefficient (Wildman–Crippen LogP) is 2.30. The molecule has 0 spiro atoms. The summed E-state index contributed by atoms with van der Waals surface area (Å²) in [6.45, 7) is 0.372. The van der Waals surface area contributed by atoms with Crippen molar-refractivity contribution >= 4 is 12.1 Å². The number of nitrogens with zero attached hydrogens (tertiary/aromatic N) is 1. The zero-order valence-electron chi connectivity index (χ0n) is 11.5. The van der Waals surface area contributed by atoms with Gasteiger partial charge in [-0.2, -0.15) is 0 Å². The molecular weight excluding hydrogens is 258 g/mol. The average Bonchev–Trinajstić information content (AvgIpc) is 2.47. The molecule has 1 atom stereocenters. The number of methoxy groups -OCH3 is 1. The second-order valence-electron chi connectivity index (χ2n) is 5.08. The second-order valence-corrected chi connectivity index (χ2v) is 5.08. The van der Waals surface area contributed by atoms with Crippen molar-refractivity contribution in [3.05, 3.63) is 35.9 Å². The Bertz CT molecular complexity index is 488. The molecule has 0 radical (unpaired) electrons. The van der Waals surface area contributed by atoms with E-state index in [4.69, 9.17) is 4.74 Å². The highest BCUT2D eigenvalue weighted by Gasteiger charge is 2.49. The SMILES string of the molecule is COC(=O)C1(Cc2ccccc2)CCCCN1C(=O)O. The van der Waals surface area contributed by atoms with Gasteiger partial charge in [0.2, 0.25) is 0 Å². The average molecular weight is 277 g/mol. The quantitative estimate of drug-likeness (QED) is 0.861. The standard InChI is InChI=1S/C15H19NO4/c1-20-13(17)15(11-12-7-3-2-4-8-12)9-5-6-10-16(15)14(18)19/h2-4,7-8H,5-6,9-11H2,1H3,(H,18,19). The van der Waals surface area contributed by atoms with E-state index in [1.54, 1.807) is 0 Å². The minimum Gasteiger partial charge on any atom is -0.467 e. The van der Waals surface area contributed by atoms with E-state index in [1.165, 1.54) is 12.0 Å². The van der Waals surface area contributed by atoms with Gasteiger partial charge in [-0.05, 0) is 24.8 Å². The van der Waals surface area contributed by atoms with Crippen LogP contribution in [0.25, 0.3) is 0 Å². The minimum atomic E-state index is -1.10. The topological polar surface area (TPSA) is 66.8 Å². The van der Waals surface area contributed by atoms with Crippen LogP contribution in [0.4, 0.5) is 4.79 Å². The van der Waals surface area contributed by atoms with Crippen LogP contribution in [-0.4, -0.2) is 41.3 Å². The first-order chi connectivity index (χ1) is 9.60. The molecule has 0 aliphatic carbocycles. The van der Waals surface area contributed by atoms with Gasteiger partial charge in [0.25, 0.3) is 0 Å². The van der Waals surface area contributed by atoms with Crippen LogP contribution in [0, 0.1) is 0 Å². The molecule has 0 bridgehead atoms. The van der Waals surface area contributed by atoms with Crippen LogP contribution >= 0.6 is 0 Å². The minimum absolute atomic E-state index is 0.354. The summed E-state index contributed by atoms with van der Waals surface area (Å²) in [5, 5.41) is 9.41. The van der Waals surface area contributed by atoms with Gasteiger partial charge in [0.05, 0.1) is 7.11 Å². The molecule has 1 aliphatic rings. The lowest BCUT2D eigenvalue weighted by Crippen LogP contribution is -2.60. The molecule has 1 fully saturated rings. The van der Waals surface area contributed by atoms with Crippen molar-refractivity contribution in [1.29, 1.82) is 0 Å².